The van der Waals surface area contributed by atoms with E-state index in [1.54, 1.807) is 6.07 Å². The first-order valence-electron chi connectivity index (χ1n) is 9.70. The van der Waals surface area contributed by atoms with E-state index in [2.05, 4.69) is 15.4 Å². The van der Waals surface area contributed by atoms with Crippen molar-refractivity contribution in [1.82, 2.24) is 20.1 Å². The van der Waals surface area contributed by atoms with Gasteiger partial charge in [0.2, 0.25) is 0 Å². The van der Waals surface area contributed by atoms with Crippen molar-refractivity contribution in [2.75, 3.05) is 11.5 Å². The number of rotatable bonds is 4. The van der Waals surface area contributed by atoms with Gasteiger partial charge in [-0.25, -0.2) is 0 Å². The predicted molar refractivity (Wildman–Crippen MR) is 113 cm³/mol. The zero-order valence-corrected chi connectivity index (χ0v) is 17.6. The summed E-state index contributed by atoms with van der Waals surface area (Å²) in [5.74, 6) is -0.769. The number of benzene rings is 1. The Hall–Kier alpha value is -3.38. The van der Waals surface area contributed by atoms with Crippen LogP contribution >= 0.6 is 0 Å². The lowest BCUT2D eigenvalue weighted by atomic mass is 10.1. The van der Waals surface area contributed by atoms with Crippen LogP contribution in [0.5, 0.6) is 0 Å². The molecule has 4 rings (SSSR count). The molecule has 0 radical (unpaired) electrons. The monoisotopic (exact) mass is 478 g/mol. The molecule has 0 spiro atoms. The number of aliphatic hydroxyl groups excluding tert-OH is 1. The number of alkyl halides is 3. The number of hydrogen-bond donors (Lipinski definition) is 2. The van der Waals surface area contributed by atoms with Gasteiger partial charge in [0.25, 0.3) is 11.5 Å². The van der Waals surface area contributed by atoms with E-state index in [1.165, 1.54) is 36.7 Å². The van der Waals surface area contributed by atoms with Gasteiger partial charge >= 0.3 is 6.18 Å². The minimum atomic E-state index is -4.52. The zero-order chi connectivity index (χ0) is 23.8. The van der Waals surface area contributed by atoms with Crippen LogP contribution in [-0.2, 0) is 17.0 Å². The fourth-order valence-electron chi connectivity index (χ4n) is 3.35. The van der Waals surface area contributed by atoms with Crippen molar-refractivity contribution >= 4 is 16.7 Å². The molecule has 1 aliphatic rings. The normalized spacial score (nSPS) is 20.5. The lowest BCUT2D eigenvalue weighted by Gasteiger charge is -2.16. The van der Waals surface area contributed by atoms with E-state index in [-0.39, 0.29) is 34.0 Å². The molecule has 1 amide bonds. The van der Waals surface area contributed by atoms with Crippen molar-refractivity contribution in [2.45, 2.75) is 18.3 Å². The van der Waals surface area contributed by atoms with Crippen LogP contribution in [0.3, 0.4) is 0 Å². The summed E-state index contributed by atoms with van der Waals surface area (Å²) >= 11 is 0. The summed E-state index contributed by atoms with van der Waals surface area (Å²) in [4.78, 5) is 29.9. The molecule has 3 aromatic rings. The number of nitrogens with zero attached hydrogens (tertiary/aromatic N) is 3. The fourth-order valence-corrected chi connectivity index (χ4v) is 4.81. The quantitative estimate of drug-likeness (QED) is 0.588. The second-order valence-corrected chi connectivity index (χ2v) is 8.91. The van der Waals surface area contributed by atoms with Gasteiger partial charge in [-0.2, -0.15) is 23.0 Å². The highest BCUT2D eigenvalue weighted by Crippen LogP contribution is 2.30. The minimum Gasteiger partial charge on any atom is -0.390 e. The number of aromatic nitrogens is 3. The number of amides is 1. The molecule has 0 unspecified atom stereocenters. The van der Waals surface area contributed by atoms with Crippen LogP contribution in [0.15, 0.2) is 59.7 Å². The van der Waals surface area contributed by atoms with Crippen molar-refractivity contribution in [2.24, 2.45) is 0 Å². The van der Waals surface area contributed by atoms with Gasteiger partial charge in [0.15, 0.2) is 0 Å². The lowest BCUT2D eigenvalue weighted by Crippen LogP contribution is -2.44. The van der Waals surface area contributed by atoms with Gasteiger partial charge in [0, 0.05) is 28.3 Å². The molecule has 1 aliphatic heterocycles. The van der Waals surface area contributed by atoms with Crippen LogP contribution < -0.4 is 10.9 Å². The second kappa shape index (κ2) is 8.87. The lowest BCUT2D eigenvalue weighted by molar-refractivity contribution is -0.137. The number of carbonyl (C=O) groups is 1. The third-order valence-electron chi connectivity index (χ3n) is 5.06. The molecule has 1 saturated heterocycles. The summed E-state index contributed by atoms with van der Waals surface area (Å²) in [6, 6.07) is 7.59. The van der Waals surface area contributed by atoms with Gasteiger partial charge in [-0.15, -0.1) is 0 Å². The van der Waals surface area contributed by atoms with E-state index in [0.717, 1.165) is 16.8 Å². The van der Waals surface area contributed by atoms with Crippen molar-refractivity contribution in [1.29, 1.82) is 0 Å². The van der Waals surface area contributed by atoms with Crippen LogP contribution in [0.25, 0.3) is 16.9 Å². The van der Waals surface area contributed by atoms with E-state index in [9.17, 15) is 32.1 Å². The van der Waals surface area contributed by atoms with E-state index in [1.807, 2.05) is 0 Å². The molecule has 172 valence electrons. The maximum Gasteiger partial charge on any atom is 0.416 e. The first-order chi connectivity index (χ1) is 15.6. The topological polar surface area (TPSA) is 114 Å². The van der Waals surface area contributed by atoms with E-state index >= 15 is 0 Å². The molecule has 8 nitrogen and oxygen atoms in total. The number of pyridine rings is 1. The number of nitrogens with one attached hydrogen (secondary N) is 1. The van der Waals surface area contributed by atoms with Gasteiger partial charge in [-0.3, -0.25) is 18.8 Å². The summed E-state index contributed by atoms with van der Waals surface area (Å²) in [7, 11) is -1.30. The van der Waals surface area contributed by atoms with Crippen LogP contribution in [0.1, 0.15) is 15.9 Å². The predicted octanol–water partition coefficient (Wildman–Crippen LogP) is 1.53. The SMILES string of the molecule is O=C(N[C@@H]1C[S@](=O)C[C@@H]1O)c1cc(-c2ccc(C(F)(F)F)cc2)nn(-c2cccnc2)c1=O. The highest BCUT2D eigenvalue weighted by Gasteiger charge is 2.33. The third kappa shape index (κ3) is 4.86. The Bertz CT molecular complexity index is 1260. The average molecular weight is 478 g/mol. The highest BCUT2D eigenvalue weighted by atomic mass is 32.2. The van der Waals surface area contributed by atoms with E-state index in [4.69, 9.17) is 0 Å². The van der Waals surface area contributed by atoms with Gasteiger partial charge in [0.05, 0.1) is 41.0 Å². The molecule has 12 heteroatoms. The summed E-state index contributed by atoms with van der Waals surface area (Å²) in [5, 5.41) is 16.7. The van der Waals surface area contributed by atoms with E-state index < -0.39 is 46.2 Å². The van der Waals surface area contributed by atoms with Crippen molar-refractivity contribution in [3.63, 3.8) is 0 Å². The molecular formula is C21H17F3N4O4S. The molecule has 2 aromatic heterocycles. The van der Waals surface area contributed by atoms with Crippen molar-refractivity contribution in [3.05, 3.63) is 76.3 Å². The molecule has 1 fully saturated rings. The van der Waals surface area contributed by atoms with Crippen LogP contribution in [0.2, 0.25) is 0 Å². The molecule has 2 N–H and O–H groups in total. The molecule has 1 aromatic carbocycles. The van der Waals surface area contributed by atoms with Crippen molar-refractivity contribution < 1.29 is 27.3 Å². The minimum absolute atomic E-state index is 0.0119. The van der Waals surface area contributed by atoms with Crippen molar-refractivity contribution in [3.8, 4) is 16.9 Å². The van der Waals surface area contributed by atoms with E-state index in [0.29, 0.717) is 0 Å². The Morgan fingerprint density at radius 3 is 2.48 bits per heavy atom. The van der Waals surface area contributed by atoms with Gasteiger partial charge < -0.3 is 10.4 Å². The molecule has 0 saturated carbocycles. The zero-order valence-electron chi connectivity index (χ0n) is 16.8. The first-order valence-corrected chi connectivity index (χ1v) is 11.2. The van der Waals surface area contributed by atoms with Gasteiger partial charge in [-0.1, -0.05) is 12.1 Å². The molecule has 0 bridgehead atoms. The number of aliphatic hydroxyl groups is 1. The summed E-state index contributed by atoms with van der Waals surface area (Å²) in [6.45, 7) is 0. The maximum absolute atomic E-state index is 13.0. The Labute approximate surface area is 187 Å². The number of halogens is 3. The molecule has 3 heterocycles. The molecule has 3 atom stereocenters. The standard InChI is InChI=1S/C21H17F3N4O4S/c22-21(23,24)13-5-3-12(4-6-13)16-8-15(19(30)26-17-10-33(32)11-18(17)29)20(31)28(27-16)14-2-1-7-25-9-14/h1-9,17-18,29H,10-11H2,(H,26,30)/t17-,18+,33+/m1/s1. The summed E-state index contributed by atoms with van der Waals surface area (Å²) in [6.07, 6.45) is -2.72. The largest absolute Gasteiger partial charge is 0.416 e. The molecule has 0 aliphatic carbocycles. The first kappa shape index (κ1) is 22.8. The maximum atomic E-state index is 13.0. The Balaban J connectivity index is 1.78. The van der Waals surface area contributed by atoms with Crippen LogP contribution in [-0.4, -0.2) is 53.6 Å². The van der Waals surface area contributed by atoms with Gasteiger partial charge in [-0.05, 0) is 30.3 Å². The third-order valence-corrected chi connectivity index (χ3v) is 6.50. The van der Waals surface area contributed by atoms with Crippen LogP contribution in [0, 0.1) is 0 Å². The second-order valence-electron chi connectivity index (χ2n) is 7.37. The van der Waals surface area contributed by atoms with Crippen LogP contribution in [0.4, 0.5) is 13.2 Å². The fraction of sp³-hybridized carbons (Fsp3) is 0.238. The summed E-state index contributed by atoms with van der Waals surface area (Å²) in [5.41, 5.74) is -1.41. The summed E-state index contributed by atoms with van der Waals surface area (Å²) < 4.78 is 51.4. The Morgan fingerprint density at radius 1 is 1.18 bits per heavy atom. The highest BCUT2D eigenvalue weighted by molar-refractivity contribution is 7.85. The average Bonchev–Trinajstić information content (AvgIpc) is 3.10. The number of hydrogen-bond acceptors (Lipinski definition) is 6. The Morgan fingerprint density at radius 2 is 1.91 bits per heavy atom. The Kier molecular flexibility index (Phi) is 6.13. The number of carbonyl (C=O) groups excluding carboxylic acids is 1. The molecular weight excluding hydrogens is 461 g/mol. The van der Waals surface area contributed by atoms with Gasteiger partial charge in [0.1, 0.15) is 5.56 Å². The molecule has 33 heavy (non-hydrogen) atoms. The smallest absolute Gasteiger partial charge is 0.390 e.